The van der Waals surface area contributed by atoms with Gasteiger partial charge < -0.3 is 9.84 Å². The summed E-state index contributed by atoms with van der Waals surface area (Å²) in [5.41, 5.74) is 1.25. The lowest BCUT2D eigenvalue weighted by Crippen LogP contribution is -2.16. The summed E-state index contributed by atoms with van der Waals surface area (Å²) in [5, 5.41) is 10.1. The molecule has 2 nitrogen and oxygen atoms in total. The van der Waals surface area contributed by atoms with Gasteiger partial charge in [0.2, 0.25) is 0 Å². The maximum atomic E-state index is 10.1. The summed E-state index contributed by atoms with van der Waals surface area (Å²) < 4.78 is 5.44. The van der Waals surface area contributed by atoms with E-state index in [0.717, 1.165) is 25.0 Å². The number of hydrogen-bond acceptors (Lipinski definition) is 2. The fourth-order valence-corrected chi connectivity index (χ4v) is 2.65. The van der Waals surface area contributed by atoms with Crippen LogP contribution in [-0.4, -0.2) is 17.8 Å². The predicted octanol–water partition coefficient (Wildman–Crippen LogP) is 3.49. The van der Waals surface area contributed by atoms with Crippen molar-refractivity contribution in [2.75, 3.05) is 6.61 Å². The van der Waals surface area contributed by atoms with Gasteiger partial charge >= 0.3 is 0 Å². The lowest BCUT2D eigenvalue weighted by Gasteiger charge is -2.20. The highest BCUT2D eigenvalue weighted by atomic mass is 16.5. The first-order chi connectivity index (χ1) is 8.31. The van der Waals surface area contributed by atoms with Gasteiger partial charge in [0.25, 0.3) is 0 Å². The third kappa shape index (κ3) is 3.22. The molecule has 0 amide bonds. The molecule has 0 aliphatic heterocycles. The van der Waals surface area contributed by atoms with E-state index >= 15 is 0 Å². The number of hydrogen-bond donors (Lipinski definition) is 1. The van der Waals surface area contributed by atoms with Gasteiger partial charge in [0.1, 0.15) is 5.75 Å². The molecule has 2 heteroatoms. The molecule has 1 N–H and O–H groups in total. The summed E-state index contributed by atoms with van der Waals surface area (Å²) >= 11 is 0. The molecular weight excluding hydrogens is 212 g/mol. The van der Waals surface area contributed by atoms with Crippen molar-refractivity contribution in [2.45, 2.75) is 51.0 Å². The molecule has 1 fully saturated rings. The highest BCUT2D eigenvalue weighted by Crippen LogP contribution is 2.32. The van der Waals surface area contributed by atoms with E-state index < -0.39 is 0 Å². The fraction of sp³-hybridized carbons (Fsp3) is 0.600. The van der Waals surface area contributed by atoms with E-state index in [1.54, 1.807) is 0 Å². The van der Waals surface area contributed by atoms with Gasteiger partial charge in [0.05, 0.1) is 12.7 Å². The summed E-state index contributed by atoms with van der Waals surface area (Å²) in [6, 6.07) is 8.22. The number of aliphatic hydroxyl groups is 1. The fourth-order valence-electron chi connectivity index (χ4n) is 2.65. The zero-order valence-corrected chi connectivity index (χ0v) is 10.6. The smallest absolute Gasteiger partial charge is 0.119 e. The number of ether oxygens (including phenoxy) is 1. The minimum Gasteiger partial charge on any atom is -0.494 e. The normalized spacial score (nSPS) is 25.3. The molecule has 1 aromatic carbocycles. The largest absolute Gasteiger partial charge is 0.494 e. The van der Waals surface area contributed by atoms with Gasteiger partial charge in [-0.1, -0.05) is 31.4 Å². The minimum atomic E-state index is -0.171. The molecule has 0 spiro atoms. The molecule has 1 saturated carbocycles. The first-order valence-electron chi connectivity index (χ1n) is 6.72. The Morgan fingerprint density at radius 3 is 2.53 bits per heavy atom. The van der Waals surface area contributed by atoms with Crippen molar-refractivity contribution in [2.24, 2.45) is 0 Å². The Hall–Kier alpha value is -1.02. The molecule has 0 aromatic heterocycles. The van der Waals surface area contributed by atoms with Crippen LogP contribution in [0.25, 0.3) is 0 Å². The Bertz CT molecular complexity index is 331. The van der Waals surface area contributed by atoms with Crippen LogP contribution in [0.1, 0.15) is 50.5 Å². The molecule has 1 aliphatic rings. The monoisotopic (exact) mass is 234 g/mol. The van der Waals surface area contributed by atoms with Gasteiger partial charge in [-0.25, -0.2) is 0 Å². The predicted molar refractivity (Wildman–Crippen MR) is 69.4 cm³/mol. The van der Waals surface area contributed by atoms with Crippen molar-refractivity contribution in [3.63, 3.8) is 0 Å². The van der Waals surface area contributed by atoms with Crippen LogP contribution in [0.2, 0.25) is 0 Å². The zero-order chi connectivity index (χ0) is 12.1. The van der Waals surface area contributed by atoms with Gasteiger partial charge in [0.15, 0.2) is 0 Å². The van der Waals surface area contributed by atoms with Crippen molar-refractivity contribution in [1.82, 2.24) is 0 Å². The molecule has 0 heterocycles. The number of benzene rings is 1. The third-order valence-corrected chi connectivity index (χ3v) is 3.60. The summed E-state index contributed by atoms with van der Waals surface area (Å²) in [6.45, 7) is 2.69. The van der Waals surface area contributed by atoms with E-state index in [-0.39, 0.29) is 6.10 Å². The van der Waals surface area contributed by atoms with Crippen LogP contribution < -0.4 is 4.74 Å². The van der Waals surface area contributed by atoms with E-state index in [4.69, 9.17) is 4.74 Å². The second kappa shape index (κ2) is 6.06. The Balaban J connectivity index is 2.09. The van der Waals surface area contributed by atoms with Crippen LogP contribution in [0, 0.1) is 0 Å². The number of aliphatic hydroxyl groups excluding tert-OH is 1. The lowest BCUT2D eigenvalue weighted by molar-refractivity contribution is 0.135. The maximum absolute atomic E-state index is 10.1. The standard InChI is InChI=1S/C15H22O2/c1-2-17-13-10-8-12(9-11-13)14-6-4-3-5-7-15(14)16/h8-11,14-16H,2-7H2,1H3. The van der Waals surface area contributed by atoms with Gasteiger partial charge in [-0.15, -0.1) is 0 Å². The molecule has 0 radical (unpaired) electrons. The Morgan fingerprint density at radius 2 is 1.82 bits per heavy atom. The minimum absolute atomic E-state index is 0.171. The molecule has 94 valence electrons. The van der Waals surface area contributed by atoms with E-state index in [1.807, 2.05) is 19.1 Å². The molecule has 1 aliphatic carbocycles. The van der Waals surface area contributed by atoms with Crippen LogP contribution in [0.3, 0.4) is 0 Å². The van der Waals surface area contributed by atoms with Gasteiger partial charge in [-0.2, -0.15) is 0 Å². The third-order valence-electron chi connectivity index (χ3n) is 3.60. The average molecular weight is 234 g/mol. The van der Waals surface area contributed by atoms with Crippen LogP contribution in [0.15, 0.2) is 24.3 Å². The second-order valence-corrected chi connectivity index (χ2v) is 4.81. The molecule has 2 atom stereocenters. The summed E-state index contributed by atoms with van der Waals surface area (Å²) in [4.78, 5) is 0. The van der Waals surface area contributed by atoms with Crippen LogP contribution in [0.4, 0.5) is 0 Å². The van der Waals surface area contributed by atoms with Crippen molar-refractivity contribution < 1.29 is 9.84 Å². The average Bonchev–Trinajstić information content (AvgIpc) is 2.56. The molecule has 2 rings (SSSR count). The molecular formula is C15H22O2. The molecule has 17 heavy (non-hydrogen) atoms. The Morgan fingerprint density at radius 1 is 1.12 bits per heavy atom. The molecule has 2 unspecified atom stereocenters. The van der Waals surface area contributed by atoms with Crippen LogP contribution in [-0.2, 0) is 0 Å². The SMILES string of the molecule is CCOc1ccc(C2CCCCCC2O)cc1. The van der Waals surface area contributed by atoms with E-state index in [9.17, 15) is 5.11 Å². The van der Waals surface area contributed by atoms with Gasteiger partial charge in [-0.3, -0.25) is 0 Å². The highest BCUT2D eigenvalue weighted by molar-refractivity contribution is 5.30. The number of rotatable bonds is 3. The maximum Gasteiger partial charge on any atom is 0.119 e. The van der Waals surface area contributed by atoms with E-state index in [1.165, 1.54) is 18.4 Å². The van der Waals surface area contributed by atoms with Crippen molar-refractivity contribution in [3.05, 3.63) is 29.8 Å². The first kappa shape index (κ1) is 12.4. The summed E-state index contributed by atoms with van der Waals surface area (Å²) in [5.74, 6) is 1.23. The Labute approximate surface area is 104 Å². The molecule has 0 saturated heterocycles. The van der Waals surface area contributed by atoms with Gasteiger partial charge in [-0.05, 0) is 37.5 Å². The van der Waals surface area contributed by atoms with E-state index in [0.29, 0.717) is 12.5 Å². The highest BCUT2D eigenvalue weighted by Gasteiger charge is 2.22. The van der Waals surface area contributed by atoms with Crippen molar-refractivity contribution >= 4 is 0 Å². The Kier molecular flexibility index (Phi) is 4.43. The molecule has 0 bridgehead atoms. The first-order valence-corrected chi connectivity index (χ1v) is 6.72. The van der Waals surface area contributed by atoms with Gasteiger partial charge in [0, 0.05) is 5.92 Å². The molecule has 1 aromatic rings. The van der Waals surface area contributed by atoms with Crippen molar-refractivity contribution in [3.8, 4) is 5.75 Å². The summed E-state index contributed by atoms with van der Waals surface area (Å²) in [7, 11) is 0. The van der Waals surface area contributed by atoms with E-state index in [2.05, 4.69) is 12.1 Å². The van der Waals surface area contributed by atoms with Crippen molar-refractivity contribution in [1.29, 1.82) is 0 Å². The topological polar surface area (TPSA) is 29.5 Å². The lowest BCUT2D eigenvalue weighted by atomic mass is 9.89. The van der Waals surface area contributed by atoms with Crippen LogP contribution in [0.5, 0.6) is 5.75 Å². The summed E-state index contributed by atoms with van der Waals surface area (Å²) in [6.07, 6.45) is 5.52. The second-order valence-electron chi connectivity index (χ2n) is 4.81. The zero-order valence-electron chi connectivity index (χ0n) is 10.6. The van der Waals surface area contributed by atoms with Crippen LogP contribution >= 0.6 is 0 Å². The quantitative estimate of drug-likeness (QED) is 0.811.